The minimum atomic E-state index is -0.665. The molecule has 0 aromatic heterocycles. The van der Waals surface area contributed by atoms with Crippen LogP contribution in [0, 0.1) is 5.92 Å². The zero-order valence-corrected chi connectivity index (χ0v) is 13.6. The highest BCUT2D eigenvalue weighted by molar-refractivity contribution is 9.10. The molecule has 2 fully saturated rings. The van der Waals surface area contributed by atoms with Crippen molar-refractivity contribution in [3.8, 4) is 0 Å². The zero-order valence-electron chi connectivity index (χ0n) is 12.1. The summed E-state index contributed by atoms with van der Waals surface area (Å²) in [6.45, 7) is 2.40. The number of amides is 3. The van der Waals surface area contributed by atoms with E-state index in [0.717, 1.165) is 35.7 Å². The van der Waals surface area contributed by atoms with Crippen LogP contribution in [-0.2, 0) is 11.3 Å². The first-order valence-electron chi connectivity index (χ1n) is 7.41. The van der Waals surface area contributed by atoms with E-state index in [9.17, 15) is 9.59 Å². The number of hydrogen-bond acceptors (Lipinski definition) is 2. The molecular formula is C16H19BrN2O2. The summed E-state index contributed by atoms with van der Waals surface area (Å²) >= 11 is 3.42. The van der Waals surface area contributed by atoms with Gasteiger partial charge in [0.05, 0.1) is 6.54 Å². The fraction of sp³-hybridized carbons (Fsp3) is 0.500. The number of hydrogen-bond donors (Lipinski definition) is 1. The Morgan fingerprint density at radius 2 is 2.19 bits per heavy atom. The fourth-order valence-corrected chi connectivity index (χ4v) is 3.90. The van der Waals surface area contributed by atoms with E-state index in [1.54, 1.807) is 0 Å². The first kappa shape index (κ1) is 14.6. The van der Waals surface area contributed by atoms with Gasteiger partial charge in [-0.15, -0.1) is 0 Å². The minimum Gasteiger partial charge on any atom is -0.323 e. The Bertz CT molecular complexity index is 589. The molecular weight excluding hydrogens is 332 g/mol. The lowest BCUT2D eigenvalue weighted by Gasteiger charge is -2.36. The normalized spacial score (nSPS) is 29.0. The number of halogens is 1. The molecule has 21 heavy (non-hydrogen) atoms. The summed E-state index contributed by atoms with van der Waals surface area (Å²) in [5.74, 6) is 0.148. The Labute approximate surface area is 133 Å². The molecule has 3 rings (SSSR count). The van der Waals surface area contributed by atoms with Crippen molar-refractivity contribution in [1.29, 1.82) is 0 Å². The topological polar surface area (TPSA) is 49.4 Å². The molecule has 1 heterocycles. The molecule has 1 saturated carbocycles. The van der Waals surface area contributed by atoms with Crippen LogP contribution in [0.1, 0.15) is 38.2 Å². The van der Waals surface area contributed by atoms with Crippen molar-refractivity contribution in [2.45, 2.75) is 44.7 Å². The van der Waals surface area contributed by atoms with Crippen LogP contribution >= 0.6 is 15.9 Å². The number of nitrogens with zero attached hydrogens (tertiary/aromatic N) is 1. The van der Waals surface area contributed by atoms with Gasteiger partial charge in [0.2, 0.25) is 0 Å². The molecule has 2 aliphatic rings. The maximum absolute atomic E-state index is 12.8. The highest BCUT2D eigenvalue weighted by Crippen LogP contribution is 2.38. The fourth-order valence-electron chi connectivity index (χ4n) is 3.46. The molecule has 5 heteroatoms. The Morgan fingerprint density at radius 3 is 2.90 bits per heavy atom. The zero-order chi connectivity index (χ0) is 15.0. The molecule has 112 valence electrons. The molecule has 1 aromatic carbocycles. The van der Waals surface area contributed by atoms with Crippen molar-refractivity contribution in [2.24, 2.45) is 5.92 Å². The van der Waals surface area contributed by atoms with Gasteiger partial charge >= 0.3 is 6.03 Å². The Balaban J connectivity index is 1.84. The van der Waals surface area contributed by atoms with Crippen LogP contribution in [0.4, 0.5) is 4.79 Å². The second-order valence-corrected chi connectivity index (χ2v) is 6.99. The molecule has 4 nitrogen and oxygen atoms in total. The van der Waals surface area contributed by atoms with Gasteiger partial charge in [0.1, 0.15) is 5.54 Å². The maximum atomic E-state index is 12.8. The van der Waals surface area contributed by atoms with E-state index in [4.69, 9.17) is 0 Å². The van der Waals surface area contributed by atoms with Crippen LogP contribution in [0.3, 0.4) is 0 Å². The number of urea groups is 1. The van der Waals surface area contributed by atoms with E-state index in [2.05, 4.69) is 28.2 Å². The standard InChI is InChI=1S/C16H19BrN2O2/c1-11-5-2-3-8-16(11)14(20)19(15(21)18-16)10-12-6-4-7-13(17)9-12/h4,6-7,9,11H,2-3,5,8,10H2,1H3,(H,18,21)/t11-,16+/m1/s1. The van der Waals surface area contributed by atoms with Gasteiger partial charge in [-0.05, 0) is 36.5 Å². The van der Waals surface area contributed by atoms with Gasteiger partial charge in [0.15, 0.2) is 0 Å². The van der Waals surface area contributed by atoms with Gasteiger partial charge in [-0.1, -0.05) is 47.8 Å². The average molecular weight is 351 g/mol. The van der Waals surface area contributed by atoms with Crippen molar-refractivity contribution in [3.05, 3.63) is 34.3 Å². The van der Waals surface area contributed by atoms with Crippen LogP contribution < -0.4 is 5.32 Å². The van der Waals surface area contributed by atoms with Gasteiger partial charge in [0.25, 0.3) is 5.91 Å². The van der Waals surface area contributed by atoms with Gasteiger partial charge in [-0.2, -0.15) is 0 Å². The third-order valence-corrected chi connectivity index (χ3v) is 5.22. The second-order valence-electron chi connectivity index (χ2n) is 6.07. The maximum Gasteiger partial charge on any atom is 0.325 e. The summed E-state index contributed by atoms with van der Waals surface area (Å²) in [5, 5.41) is 2.98. The van der Waals surface area contributed by atoms with E-state index in [1.807, 2.05) is 24.3 Å². The molecule has 1 spiro atoms. The number of carbonyl (C=O) groups excluding carboxylic acids is 2. The van der Waals surface area contributed by atoms with Crippen molar-refractivity contribution in [2.75, 3.05) is 0 Å². The van der Waals surface area contributed by atoms with Gasteiger partial charge < -0.3 is 5.32 Å². The first-order chi connectivity index (χ1) is 10.0. The second kappa shape index (κ2) is 5.44. The lowest BCUT2D eigenvalue weighted by Crippen LogP contribution is -2.53. The quantitative estimate of drug-likeness (QED) is 0.830. The summed E-state index contributed by atoms with van der Waals surface area (Å²) in [5.41, 5.74) is 0.287. The average Bonchev–Trinajstić information content (AvgIpc) is 2.68. The Hall–Kier alpha value is -1.36. The molecule has 0 bridgehead atoms. The summed E-state index contributed by atoms with van der Waals surface area (Å²) < 4.78 is 0.952. The molecule has 3 amide bonds. The number of carbonyl (C=O) groups is 2. The largest absolute Gasteiger partial charge is 0.325 e. The van der Waals surface area contributed by atoms with E-state index in [0.29, 0.717) is 6.54 Å². The molecule has 1 aliphatic carbocycles. The summed E-state index contributed by atoms with van der Waals surface area (Å²) in [6, 6.07) is 7.46. The number of nitrogens with one attached hydrogen (secondary N) is 1. The molecule has 0 radical (unpaired) electrons. The van der Waals surface area contributed by atoms with Crippen molar-refractivity contribution >= 4 is 27.9 Å². The summed E-state index contributed by atoms with van der Waals surface area (Å²) in [6.07, 6.45) is 3.89. The van der Waals surface area contributed by atoms with Crippen LogP contribution in [-0.4, -0.2) is 22.4 Å². The van der Waals surface area contributed by atoms with E-state index < -0.39 is 5.54 Å². The van der Waals surface area contributed by atoms with Gasteiger partial charge in [-0.3, -0.25) is 9.69 Å². The minimum absolute atomic E-state index is 0.0559. The molecule has 1 N–H and O–H groups in total. The monoisotopic (exact) mass is 350 g/mol. The van der Waals surface area contributed by atoms with Crippen molar-refractivity contribution in [1.82, 2.24) is 10.2 Å². The number of rotatable bonds is 2. The molecule has 1 saturated heterocycles. The van der Waals surface area contributed by atoms with E-state index in [1.165, 1.54) is 4.90 Å². The predicted molar refractivity (Wildman–Crippen MR) is 83.6 cm³/mol. The smallest absolute Gasteiger partial charge is 0.323 e. The van der Waals surface area contributed by atoms with Crippen molar-refractivity contribution in [3.63, 3.8) is 0 Å². The third-order valence-electron chi connectivity index (χ3n) is 4.73. The van der Waals surface area contributed by atoms with E-state index >= 15 is 0 Å². The van der Waals surface area contributed by atoms with E-state index in [-0.39, 0.29) is 17.9 Å². The SMILES string of the molecule is C[C@@H]1CCCC[C@]12NC(=O)N(Cc1cccc(Br)c1)C2=O. The number of imide groups is 1. The van der Waals surface area contributed by atoms with Crippen molar-refractivity contribution < 1.29 is 9.59 Å². The predicted octanol–water partition coefficient (Wildman–Crippen LogP) is 3.45. The Kier molecular flexibility index (Phi) is 3.78. The van der Waals surface area contributed by atoms with Gasteiger partial charge in [0, 0.05) is 4.47 Å². The lowest BCUT2D eigenvalue weighted by atomic mass is 9.73. The molecule has 1 aliphatic heterocycles. The van der Waals surface area contributed by atoms with Crippen LogP contribution in [0.25, 0.3) is 0 Å². The molecule has 2 atom stereocenters. The van der Waals surface area contributed by atoms with Gasteiger partial charge in [-0.25, -0.2) is 4.79 Å². The lowest BCUT2D eigenvalue weighted by molar-refractivity contribution is -0.134. The summed E-state index contributed by atoms with van der Waals surface area (Å²) in [4.78, 5) is 26.5. The number of benzene rings is 1. The highest BCUT2D eigenvalue weighted by atomic mass is 79.9. The van der Waals surface area contributed by atoms with Crippen LogP contribution in [0.5, 0.6) is 0 Å². The van der Waals surface area contributed by atoms with Crippen LogP contribution in [0.2, 0.25) is 0 Å². The first-order valence-corrected chi connectivity index (χ1v) is 8.21. The highest BCUT2D eigenvalue weighted by Gasteiger charge is 2.54. The molecule has 1 aromatic rings. The summed E-state index contributed by atoms with van der Waals surface area (Å²) in [7, 11) is 0. The Morgan fingerprint density at radius 1 is 1.38 bits per heavy atom. The van der Waals surface area contributed by atoms with Crippen LogP contribution in [0.15, 0.2) is 28.7 Å². The third kappa shape index (κ3) is 2.48. The molecule has 0 unspecified atom stereocenters.